The average Bonchev–Trinajstić information content (AvgIpc) is 2.57. The largest absolute Gasteiger partial charge is 0.394 e. The molecular formula is C18H30O6Si. The number of aliphatic hydroxyl groups is 3. The number of hydrogen-bond donors (Lipinski definition) is 3. The minimum atomic E-state index is -1.27. The fraction of sp³-hybridized carbons (Fsp3) is 0.667. The van der Waals surface area contributed by atoms with E-state index in [9.17, 15) is 15.3 Å². The van der Waals surface area contributed by atoms with Gasteiger partial charge in [-0.15, -0.1) is 0 Å². The summed E-state index contributed by atoms with van der Waals surface area (Å²) in [4.78, 5) is 0. The Morgan fingerprint density at radius 2 is 1.72 bits per heavy atom. The third kappa shape index (κ3) is 6.14. The van der Waals surface area contributed by atoms with Gasteiger partial charge in [0.05, 0.1) is 13.2 Å². The van der Waals surface area contributed by atoms with Gasteiger partial charge in [0, 0.05) is 14.7 Å². The normalized spacial score (nSPS) is 30.4. The third-order valence-corrected chi connectivity index (χ3v) is 5.95. The minimum Gasteiger partial charge on any atom is -0.394 e. The van der Waals surface area contributed by atoms with Gasteiger partial charge >= 0.3 is 0 Å². The van der Waals surface area contributed by atoms with E-state index in [2.05, 4.69) is 19.6 Å². The van der Waals surface area contributed by atoms with Crippen LogP contribution in [0, 0.1) is 0 Å². The Morgan fingerprint density at radius 1 is 1.04 bits per heavy atom. The SMILES string of the molecule is C[Si](C)(C)CCO[C@H]1O[C@H](CO)[C@H](O)[C@H](O)[C@H]1OCc1ccccc1. The minimum absolute atomic E-state index is 0.274. The summed E-state index contributed by atoms with van der Waals surface area (Å²) in [5.41, 5.74) is 0.953. The molecule has 1 aliphatic heterocycles. The van der Waals surface area contributed by atoms with E-state index in [4.69, 9.17) is 14.2 Å². The zero-order valence-electron chi connectivity index (χ0n) is 15.2. The molecule has 0 amide bonds. The first-order chi connectivity index (χ1) is 11.8. The molecule has 0 saturated carbocycles. The van der Waals surface area contributed by atoms with Crippen molar-refractivity contribution in [3.63, 3.8) is 0 Å². The Hall–Kier alpha value is -0.803. The summed E-state index contributed by atoms with van der Waals surface area (Å²) in [6.07, 6.45) is -4.94. The van der Waals surface area contributed by atoms with E-state index in [1.807, 2.05) is 30.3 Å². The summed E-state index contributed by atoms with van der Waals surface area (Å²) in [5.74, 6) is 0. The van der Waals surface area contributed by atoms with Gasteiger partial charge in [0.15, 0.2) is 6.29 Å². The molecule has 0 aromatic heterocycles. The lowest BCUT2D eigenvalue weighted by atomic mass is 9.99. The molecule has 1 saturated heterocycles. The van der Waals surface area contributed by atoms with Crippen LogP contribution in [0.2, 0.25) is 25.7 Å². The monoisotopic (exact) mass is 370 g/mol. The molecule has 1 aromatic carbocycles. The van der Waals surface area contributed by atoms with Crippen molar-refractivity contribution < 1.29 is 29.5 Å². The van der Waals surface area contributed by atoms with Gasteiger partial charge < -0.3 is 29.5 Å². The van der Waals surface area contributed by atoms with Gasteiger partial charge in [0.1, 0.15) is 24.4 Å². The van der Waals surface area contributed by atoms with E-state index >= 15 is 0 Å². The predicted octanol–water partition coefficient (Wildman–Crippen LogP) is 1.37. The van der Waals surface area contributed by atoms with Crippen molar-refractivity contribution in [1.82, 2.24) is 0 Å². The fourth-order valence-corrected chi connectivity index (χ4v) is 3.35. The summed E-state index contributed by atoms with van der Waals surface area (Å²) < 4.78 is 17.3. The quantitative estimate of drug-likeness (QED) is 0.599. The molecule has 0 bridgehead atoms. The van der Waals surface area contributed by atoms with Crippen LogP contribution in [0.5, 0.6) is 0 Å². The van der Waals surface area contributed by atoms with Gasteiger partial charge in [-0.25, -0.2) is 0 Å². The third-order valence-electron chi connectivity index (χ3n) is 4.24. The number of ether oxygens (including phenoxy) is 3. The second-order valence-electron chi connectivity index (χ2n) is 7.65. The van der Waals surface area contributed by atoms with Crippen molar-refractivity contribution in [2.24, 2.45) is 0 Å². The van der Waals surface area contributed by atoms with Crippen LogP contribution in [-0.2, 0) is 20.8 Å². The second kappa shape index (κ2) is 9.23. The maximum absolute atomic E-state index is 10.4. The van der Waals surface area contributed by atoms with Crippen molar-refractivity contribution in [1.29, 1.82) is 0 Å². The van der Waals surface area contributed by atoms with Crippen LogP contribution >= 0.6 is 0 Å². The van der Waals surface area contributed by atoms with E-state index in [0.29, 0.717) is 6.61 Å². The molecule has 3 N–H and O–H groups in total. The van der Waals surface area contributed by atoms with Crippen LogP contribution in [0.4, 0.5) is 0 Å². The summed E-state index contributed by atoms with van der Waals surface area (Å²) >= 11 is 0. The fourth-order valence-electron chi connectivity index (χ4n) is 2.62. The highest BCUT2D eigenvalue weighted by Gasteiger charge is 2.45. The highest BCUT2D eigenvalue weighted by Crippen LogP contribution is 2.26. The first kappa shape index (κ1) is 20.5. The lowest BCUT2D eigenvalue weighted by Gasteiger charge is -2.42. The van der Waals surface area contributed by atoms with Crippen LogP contribution in [0.25, 0.3) is 0 Å². The van der Waals surface area contributed by atoms with Crippen LogP contribution < -0.4 is 0 Å². The average molecular weight is 371 g/mol. The Labute approximate surface area is 150 Å². The smallest absolute Gasteiger partial charge is 0.186 e. The van der Waals surface area contributed by atoms with Crippen LogP contribution in [-0.4, -0.2) is 67.3 Å². The lowest BCUT2D eigenvalue weighted by molar-refractivity contribution is -0.310. The van der Waals surface area contributed by atoms with Crippen molar-refractivity contribution >= 4 is 8.07 Å². The number of benzene rings is 1. The Morgan fingerprint density at radius 3 is 2.32 bits per heavy atom. The van der Waals surface area contributed by atoms with Crippen molar-refractivity contribution in [2.45, 2.75) is 63.0 Å². The zero-order valence-corrected chi connectivity index (χ0v) is 16.2. The van der Waals surface area contributed by atoms with Gasteiger partial charge in [-0.1, -0.05) is 50.0 Å². The van der Waals surface area contributed by atoms with E-state index in [0.717, 1.165) is 11.6 Å². The molecule has 2 rings (SSSR count). The Bertz CT molecular complexity index is 506. The second-order valence-corrected chi connectivity index (χ2v) is 13.3. The molecular weight excluding hydrogens is 340 g/mol. The van der Waals surface area contributed by atoms with Crippen LogP contribution in [0.1, 0.15) is 5.56 Å². The molecule has 5 atom stereocenters. The Kier molecular flexibility index (Phi) is 7.57. The number of hydrogen-bond acceptors (Lipinski definition) is 6. The standard InChI is InChI=1S/C18H30O6Si/c1-25(2,3)10-9-22-18-17(16(21)15(20)14(11-19)24-18)23-12-13-7-5-4-6-8-13/h4-8,14-21H,9-12H2,1-3H3/t14-,15+,16+,17-,18+/m1/s1. The molecule has 1 aliphatic rings. The van der Waals surface area contributed by atoms with Crippen molar-refractivity contribution in [3.8, 4) is 0 Å². The van der Waals surface area contributed by atoms with Crippen LogP contribution in [0.3, 0.4) is 0 Å². The molecule has 142 valence electrons. The molecule has 0 unspecified atom stereocenters. The van der Waals surface area contributed by atoms with Gasteiger partial charge in [-0.2, -0.15) is 0 Å². The Balaban J connectivity index is 2.01. The van der Waals surface area contributed by atoms with Gasteiger partial charge in [0.2, 0.25) is 0 Å². The van der Waals surface area contributed by atoms with Gasteiger partial charge in [0.25, 0.3) is 0 Å². The molecule has 7 heteroatoms. The molecule has 1 aromatic rings. The van der Waals surface area contributed by atoms with Gasteiger partial charge in [-0.05, 0) is 11.6 Å². The predicted molar refractivity (Wildman–Crippen MR) is 96.9 cm³/mol. The summed E-state index contributed by atoms with van der Waals surface area (Å²) in [7, 11) is -1.27. The lowest BCUT2D eigenvalue weighted by Crippen LogP contribution is -2.60. The molecule has 1 heterocycles. The molecule has 0 aliphatic carbocycles. The zero-order chi connectivity index (χ0) is 18.4. The van der Waals surface area contributed by atoms with E-state index in [1.54, 1.807) is 0 Å². The van der Waals surface area contributed by atoms with Gasteiger partial charge in [-0.3, -0.25) is 0 Å². The topological polar surface area (TPSA) is 88.4 Å². The highest BCUT2D eigenvalue weighted by atomic mass is 28.3. The summed E-state index contributed by atoms with van der Waals surface area (Å²) in [5, 5.41) is 29.9. The molecule has 25 heavy (non-hydrogen) atoms. The number of rotatable bonds is 8. The van der Waals surface area contributed by atoms with Crippen LogP contribution in [0.15, 0.2) is 30.3 Å². The molecule has 0 spiro atoms. The first-order valence-corrected chi connectivity index (χ1v) is 12.4. The molecule has 6 nitrogen and oxygen atoms in total. The molecule has 0 radical (unpaired) electrons. The highest BCUT2D eigenvalue weighted by molar-refractivity contribution is 6.76. The van der Waals surface area contributed by atoms with E-state index in [-0.39, 0.29) is 6.61 Å². The maximum Gasteiger partial charge on any atom is 0.186 e. The van der Waals surface area contributed by atoms with E-state index in [1.165, 1.54) is 0 Å². The van der Waals surface area contributed by atoms with Crippen molar-refractivity contribution in [3.05, 3.63) is 35.9 Å². The first-order valence-electron chi connectivity index (χ1n) is 8.71. The van der Waals surface area contributed by atoms with E-state index < -0.39 is 45.4 Å². The molecule has 1 fully saturated rings. The maximum atomic E-state index is 10.4. The van der Waals surface area contributed by atoms with Crippen molar-refractivity contribution in [2.75, 3.05) is 13.2 Å². The summed E-state index contributed by atoms with van der Waals surface area (Å²) in [6.45, 7) is 7.12. The summed E-state index contributed by atoms with van der Waals surface area (Å²) in [6, 6.07) is 10.5. The number of aliphatic hydroxyl groups excluding tert-OH is 3.